The van der Waals surface area contributed by atoms with E-state index in [0.717, 1.165) is 41.2 Å². The highest BCUT2D eigenvalue weighted by Gasteiger charge is 2.17. The SMILES string of the molecule is COCCC(C)(C)CNc1ccnc2ccc(Cl)cc12. The van der Waals surface area contributed by atoms with Crippen LogP contribution in [0.1, 0.15) is 20.3 Å². The zero-order valence-electron chi connectivity index (χ0n) is 12.2. The Kier molecular flexibility index (Phi) is 4.84. The standard InChI is InChI=1S/C16H21ClN2O/c1-16(2,7-9-20-3)11-19-15-6-8-18-14-5-4-12(17)10-13(14)15/h4-6,8,10H,7,9,11H2,1-3H3,(H,18,19). The number of benzene rings is 1. The minimum atomic E-state index is 0.171. The number of hydrogen-bond acceptors (Lipinski definition) is 3. The van der Waals surface area contributed by atoms with Crippen LogP contribution in [0, 0.1) is 5.41 Å². The molecule has 1 aromatic carbocycles. The van der Waals surface area contributed by atoms with Gasteiger partial charge in [-0.05, 0) is 36.1 Å². The van der Waals surface area contributed by atoms with Gasteiger partial charge in [0.1, 0.15) is 0 Å². The van der Waals surface area contributed by atoms with Crippen molar-refractivity contribution < 1.29 is 4.74 Å². The van der Waals surface area contributed by atoms with Gasteiger partial charge in [0.05, 0.1) is 5.52 Å². The molecule has 0 aliphatic rings. The van der Waals surface area contributed by atoms with Crippen LogP contribution >= 0.6 is 11.6 Å². The minimum Gasteiger partial charge on any atom is -0.385 e. The predicted octanol–water partition coefficient (Wildman–Crippen LogP) is 4.36. The summed E-state index contributed by atoms with van der Waals surface area (Å²) in [5.41, 5.74) is 2.20. The second kappa shape index (κ2) is 6.42. The molecule has 0 aliphatic carbocycles. The molecule has 0 bridgehead atoms. The molecule has 1 aromatic heterocycles. The molecule has 0 fully saturated rings. The van der Waals surface area contributed by atoms with Crippen LogP contribution in [0.5, 0.6) is 0 Å². The van der Waals surface area contributed by atoms with Crippen LogP contribution in [0.15, 0.2) is 30.5 Å². The summed E-state index contributed by atoms with van der Waals surface area (Å²) in [7, 11) is 1.74. The maximum Gasteiger partial charge on any atom is 0.0723 e. The van der Waals surface area contributed by atoms with Gasteiger partial charge in [-0.1, -0.05) is 25.4 Å². The summed E-state index contributed by atoms with van der Waals surface area (Å²) in [6, 6.07) is 7.75. The van der Waals surface area contributed by atoms with Crippen LogP contribution in [-0.2, 0) is 4.74 Å². The molecule has 0 radical (unpaired) electrons. The summed E-state index contributed by atoms with van der Waals surface area (Å²) in [4.78, 5) is 4.36. The number of ether oxygens (including phenoxy) is 1. The van der Waals surface area contributed by atoms with E-state index in [1.165, 1.54) is 0 Å². The first-order chi connectivity index (χ1) is 9.52. The Labute approximate surface area is 125 Å². The van der Waals surface area contributed by atoms with Crippen molar-refractivity contribution in [1.29, 1.82) is 0 Å². The van der Waals surface area contributed by atoms with E-state index in [9.17, 15) is 0 Å². The second-order valence-electron chi connectivity index (χ2n) is 5.78. The number of rotatable bonds is 6. The van der Waals surface area contributed by atoms with Crippen molar-refractivity contribution in [2.75, 3.05) is 25.6 Å². The first kappa shape index (κ1) is 15.1. The molecule has 2 aromatic rings. The van der Waals surface area contributed by atoms with Crippen molar-refractivity contribution in [3.8, 4) is 0 Å². The second-order valence-corrected chi connectivity index (χ2v) is 6.22. The molecule has 1 N–H and O–H groups in total. The minimum absolute atomic E-state index is 0.171. The number of nitrogens with zero attached hydrogens (tertiary/aromatic N) is 1. The smallest absolute Gasteiger partial charge is 0.0723 e. The monoisotopic (exact) mass is 292 g/mol. The molecule has 0 spiro atoms. The molecule has 4 heteroatoms. The third kappa shape index (κ3) is 3.84. The zero-order valence-corrected chi connectivity index (χ0v) is 13.0. The van der Waals surface area contributed by atoms with Crippen LogP contribution < -0.4 is 5.32 Å². The average molecular weight is 293 g/mol. The normalized spacial score (nSPS) is 11.8. The van der Waals surface area contributed by atoms with Crippen molar-refractivity contribution >= 4 is 28.2 Å². The molecular weight excluding hydrogens is 272 g/mol. The maximum atomic E-state index is 6.08. The quantitative estimate of drug-likeness (QED) is 0.859. The van der Waals surface area contributed by atoms with Gasteiger partial charge in [0, 0.05) is 42.6 Å². The van der Waals surface area contributed by atoms with Crippen molar-refractivity contribution in [2.24, 2.45) is 5.41 Å². The summed E-state index contributed by atoms with van der Waals surface area (Å²) in [6.45, 7) is 6.12. The highest BCUT2D eigenvalue weighted by atomic mass is 35.5. The Morgan fingerprint density at radius 3 is 2.85 bits per heavy atom. The molecule has 0 saturated heterocycles. The molecule has 0 unspecified atom stereocenters. The molecule has 1 heterocycles. The first-order valence-electron chi connectivity index (χ1n) is 6.79. The summed E-state index contributed by atoms with van der Waals surface area (Å²) < 4.78 is 5.16. The molecule has 3 nitrogen and oxygen atoms in total. The molecule has 20 heavy (non-hydrogen) atoms. The lowest BCUT2D eigenvalue weighted by molar-refractivity contribution is 0.157. The fourth-order valence-electron chi connectivity index (χ4n) is 2.07. The number of nitrogens with one attached hydrogen (secondary N) is 1. The van der Waals surface area contributed by atoms with Crippen molar-refractivity contribution in [2.45, 2.75) is 20.3 Å². The molecule has 2 rings (SSSR count). The predicted molar refractivity (Wildman–Crippen MR) is 85.5 cm³/mol. The van der Waals surface area contributed by atoms with E-state index in [2.05, 4.69) is 24.1 Å². The summed E-state index contributed by atoms with van der Waals surface area (Å²) in [6.07, 6.45) is 2.83. The molecular formula is C16H21ClN2O. The van der Waals surface area contributed by atoms with Crippen LogP contribution in [-0.4, -0.2) is 25.2 Å². The lowest BCUT2D eigenvalue weighted by atomic mass is 9.89. The lowest BCUT2D eigenvalue weighted by Gasteiger charge is -2.25. The molecule has 0 atom stereocenters. The first-order valence-corrected chi connectivity index (χ1v) is 7.17. The maximum absolute atomic E-state index is 6.08. The van der Waals surface area contributed by atoms with Gasteiger partial charge < -0.3 is 10.1 Å². The summed E-state index contributed by atoms with van der Waals surface area (Å²) in [5.74, 6) is 0. The number of halogens is 1. The average Bonchev–Trinajstić information content (AvgIpc) is 2.43. The van der Waals surface area contributed by atoms with Crippen molar-refractivity contribution in [3.05, 3.63) is 35.5 Å². The summed E-state index contributed by atoms with van der Waals surface area (Å²) >= 11 is 6.08. The molecule has 0 amide bonds. The van der Waals surface area contributed by atoms with Gasteiger partial charge >= 0.3 is 0 Å². The van der Waals surface area contributed by atoms with Crippen LogP contribution in [0.2, 0.25) is 5.02 Å². The number of pyridine rings is 1. The molecule has 0 saturated carbocycles. The Morgan fingerprint density at radius 1 is 1.30 bits per heavy atom. The Hall–Kier alpha value is -1.32. The van der Waals surface area contributed by atoms with E-state index in [0.29, 0.717) is 0 Å². The van der Waals surface area contributed by atoms with E-state index >= 15 is 0 Å². The Morgan fingerprint density at radius 2 is 2.10 bits per heavy atom. The zero-order chi connectivity index (χ0) is 14.6. The molecule has 108 valence electrons. The Bertz CT molecular complexity index is 584. The van der Waals surface area contributed by atoms with E-state index in [4.69, 9.17) is 16.3 Å². The fraction of sp³-hybridized carbons (Fsp3) is 0.438. The highest BCUT2D eigenvalue weighted by molar-refractivity contribution is 6.31. The van der Waals surface area contributed by atoms with E-state index in [1.807, 2.05) is 30.5 Å². The van der Waals surface area contributed by atoms with Gasteiger partial charge in [0.15, 0.2) is 0 Å². The number of hydrogen-bond donors (Lipinski definition) is 1. The van der Waals surface area contributed by atoms with Crippen LogP contribution in [0.3, 0.4) is 0 Å². The lowest BCUT2D eigenvalue weighted by Crippen LogP contribution is -2.24. The number of methoxy groups -OCH3 is 1. The third-order valence-corrected chi connectivity index (χ3v) is 3.68. The highest BCUT2D eigenvalue weighted by Crippen LogP contribution is 2.27. The van der Waals surface area contributed by atoms with E-state index in [1.54, 1.807) is 7.11 Å². The van der Waals surface area contributed by atoms with Gasteiger partial charge in [-0.15, -0.1) is 0 Å². The van der Waals surface area contributed by atoms with Crippen LogP contribution in [0.25, 0.3) is 10.9 Å². The van der Waals surface area contributed by atoms with Gasteiger partial charge in [-0.3, -0.25) is 4.98 Å². The Balaban J connectivity index is 2.15. The van der Waals surface area contributed by atoms with Gasteiger partial charge in [0.25, 0.3) is 0 Å². The number of aromatic nitrogens is 1. The van der Waals surface area contributed by atoms with Gasteiger partial charge in [0.2, 0.25) is 0 Å². The van der Waals surface area contributed by atoms with Gasteiger partial charge in [-0.2, -0.15) is 0 Å². The number of fused-ring (bicyclic) bond motifs is 1. The topological polar surface area (TPSA) is 34.1 Å². The number of anilines is 1. The van der Waals surface area contributed by atoms with E-state index in [-0.39, 0.29) is 5.41 Å². The molecule has 0 aliphatic heterocycles. The van der Waals surface area contributed by atoms with Gasteiger partial charge in [-0.25, -0.2) is 0 Å². The summed E-state index contributed by atoms with van der Waals surface area (Å²) in [5, 5.41) is 5.30. The van der Waals surface area contributed by atoms with E-state index < -0.39 is 0 Å². The fourth-order valence-corrected chi connectivity index (χ4v) is 2.25. The largest absolute Gasteiger partial charge is 0.385 e. The van der Waals surface area contributed by atoms with Crippen LogP contribution in [0.4, 0.5) is 5.69 Å². The third-order valence-electron chi connectivity index (χ3n) is 3.44. The van der Waals surface area contributed by atoms with Crippen molar-refractivity contribution in [1.82, 2.24) is 4.98 Å². The van der Waals surface area contributed by atoms with Crippen molar-refractivity contribution in [3.63, 3.8) is 0 Å².